The number of piperidine rings is 1. The Morgan fingerprint density at radius 3 is 2.31 bits per heavy atom. The summed E-state index contributed by atoms with van der Waals surface area (Å²) in [6.45, 7) is 5.52. The van der Waals surface area contributed by atoms with Crippen LogP contribution in [0.1, 0.15) is 72.5 Å². The van der Waals surface area contributed by atoms with Crippen molar-refractivity contribution in [2.75, 3.05) is 33.4 Å². The SMILES string of the molecule is Cc1cc(F)ccc1[C@@H]1C[C@]2(CC[C@@H]3COCCN32)CCN1C(=O)N(C)[C@H](C)c1cc(C(F)(F)F)cc(C(F)(F)F)c1. The van der Waals surface area contributed by atoms with Crippen LogP contribution in [0.4, 0.5) is 35.5 Å². The van der Waals surface area contributed by atoms with Crippen molar-refractivity contribution in [1.82, 2.24) is 14.7 Å². The number of likely N-dealkylation sites (tertiary alicyclic amines) is 1. The van der Waals surface area contributed by atoms with Gasteiger partial charge in [0, 0.05) is 31.7 Å². The molecule has 230 valence electrons. The standard InChI is InChI=1S/C30H34F7N3O2/c1-18-12-23(31)4-5-25(18)26-16-28(7-6-24-17-42-11-10-40(24)28)8-9-39(26)27(41)38(3)19(2)20-13-21(29(32,33)34)15-22(14-20)30(35,36)37/h4-5,12-15,19,24,26H,6-11,16-17H2,1-3H3/t19-,24-,26+,28+/m1/s1. The van der Waals surface area contributed by atoms with Crippen molar-refractivity contribution < 1.29 is 40.3 Å². The van der Waals surface area contributed by atoms with Crippen LogP contribution in [0.3, 0.4) is 0 Å². The molecule has 42 heavy (non-hydrogen) atoms. The zero-order valence-electron chi connectivity index (χ0n) is 23.7. The van der Waals surface area contributed by atoms with Gasteiger partial charge in [-0.1, -0.05) is 6.07 Å². The van der Waals surface area contributed by atoms with E-state index in [0.717, 1.165) is 24.9 Å². The first kappa shape index (κ1) is 30.6. The Kier molecular flexibility index (Phi) is 8.02. The molecule has 2 amide bonds. The summed E-state index contributed by atoms with van der Waals surface area (Å²) in [6, 6.07) is 4.00. The van der Waals surface area contributed by atoms with Crippen molar-refractivity contribution in [2.45, 2.75) is 75.5 Å². The van der Waals surface area contributed by atoms with Gasteiger partial charge in [0.2, 0.25) is 0 Å². The first-order valence-corrected chi connectivity index (χ1v) is 14.0. The zero-order valence-corrected chi connectivity index (χ0v) is 23.7. The summed E-state index contributed by atoms with van der Waals surface area (Å²) in [6.07, 6.45) is -6.89. The first-order valence-electron chi connectivity index (χ1n) is 14.0. The van der Waals surface area contributed by atoms with Gasteiger partial charge in [-0.2, -0.15) is 26.3 Å². The topological polar surface area (TPSA) is 36.0 Å². The molecule has 4 atom stereocenters. The molecule has 0 unspecified atom stereocenters. The fourth-order valence-electron chi connectivity index (χ4n) is 6.97. The number of ether oxygens (including phenoxy) is 1. The van der Waals surface area contributed by atoms with Crippen LogP contribution in [0.5, 0.6) is 0 Å². The summed E-state index contributed by atoms with van der Waals surface area (Å²) in [5.41, 5.74) is -1.90. The molecule has 5 nitrogen and oxygen atoms in total. The molecule has 0 aliphatic carbocycles. The van der Waals surface area contributed by atoms with E-state index in [0.29, 0.717) is 50.3 Å². The highest BCUT2D eigenvalue weighted by Crippen LogP contribution is 2.49. The molecule has 0 N–H and O–H groups in total. The molecule has 5 rings (SSSR count). The number of rotatable bonds is 3. The van der Waals surface area contributed by atoms with Crippen molar-refractivity contribution in [3.05, 3.63) is 70.0 Å². The number of carbonyl (C=O) groups excluding carboxylic acids is 1. The minimum absolute atomic E-state index is 0.0793. The number of aryl methyl sites for hydroxylation is 1. The Bertz CT molecular complexity index is 1300. The van der Waals surface area contributed by atoms with Gasteiger partial charge in [0.1, 0.15) is 5.82 Å². The van der Waals surface area contributed by atoms with Crippen LogP contribution < -0.4 is 0 Å². The highest BCUT2D eigenvalue weighted by Gasteiger charge is 2.52. The molecule has 0 radical (unpaired) electrons. The molecule has 12 heteroatoms. The maximum atomic E-state index is 14.1. The summed E-state index contributed by atoms with van der Waals surface area (Å²) >= 11 is 0. The monoisotopic (exact) mass is 601 g/mol. The molecule has 2 aromatic carbocycles. The van der Waals surface area contributed by atoms with Crippen LogP contribution in [-0.4, -0.2) is 65.7 Å². The first-order chi connectivity index (χ1) is 19.6. The maximum Gasteiger partial charge on any atom is 0.416 e. The number of hydrogen-bond acceptors (Lipinski definition) is 3. The van der Waals surface area contributed by atoms with Gasteiger partial charge in [-0.05, 0) is 86.6 Å². The highest BCUT2D eigenvalue weighted by atomic mass is 19.4. The Morgan fingerprint density at radius 1 is 1.02 bits per heavy atom. The van der Waals surface area contributed by atoms with Crippen LogP contribution in [0.2, 0.25) is 0 Å². The molecule has 0 aromatic heterocycles. The van der Waals surface area contributed by atoms with Gasteiger partial charge >= 0.3 is 18.4 Å². The van der Waals surface area contributed by atoms with E-state index in [1.165, 1.54) is 31.0 Å². The van der Waals surface area contributed by atoms with Gasteiger partial charge < -0.3 is 14.5 Å². The summed E-state index contributed by atoms with van der Waals surface area (Å²) in [4.78, 5) is 19.3. The minimum atomic E-state index is -5.00. The van der Waals surface area contributed by atoms with Crippen LogP contribution in [-0.2, 0) is 17.1 Å². The van der Waals surface area contributed by atoms with Gasteiger partial charge in [-0.3, -0.25) is 4.90 Å². The van der Waals surface area contributed by atoms with Crippen LogP contribution in [0, 0.1) is 12.7 Å². The molecular weight excluding hydrogens is 567 g/mol. The third-order valence-corrected chi connectivity index (χ3v) is 9.36. The fourth-order valence-corrected chi connectivity index (χ4v) is 6.97. The molecule has 3 aliphatic heterocycles. The lowest BCUT2D eigenvalue weighted by molar-refractivity contribution is -0.143. The van der Waals surface area contributed by atoms with Crippen molar-refractivity contribution in [3.63, 3.8) is 0 Å². The van der Waals surface area contributed by atoms with E-state index in [9.17, 15) is 35.5 Å². The average molecular weight is 602 g/mol. The molecule has 3 aliphatic rings. The molecular formula is C30H34F7N3O2. The van der Waals surface area contributed by atoms with Crippen LogP contribution in [0.25, 0.3) is 0 Å². The molecule has 2 aromatic rings. The second kappa shape index (κ2) is 11.0. The van der Waals surface area contributed by atoms with Crippen molar-refractivity contribution in [3.8, 4) is 0 Å². The predicted molar refractivity (Wildman–Crippen MR) is 141 cm³/mol. The number of nitrogens with zero attached hydrogens (tertiary/aromatic N) is 3. The largest absolute Gasteiger partial charge is 0.416 e. The third kappa shape index (κ3) is 5.71. The van der Waals surface area contributed by atoms with E-state index >= 15 is 0 Å². The highest BCUT2D eigenvalue weighted by molar-refractivity contribution is 5.75. The van der Waals surface area contributed by atoms with Gasteiger partial charge in [0.15, 0.2) is 0 Å². The number of halogens is 7. The molecule has 3 fully saturated rings. The summed E-state index contributed by atoms with van der Waals surface area (Å²) < 4.78 is 101. The predicted octanol–water partition coefficient (Wildman–Crippen LogP) is 7.36. The lowest BCUT2D eigenvalue weighted by Crippen LogP contribution is -2.59. The average Bonchev–Trinajstić information content (AvgIpc) is 3.28. The van der Waals surface area contributed by atoms with E-state index in [1.54, 1.807) is 17.9 Å². The van der Waals surface area contributed by atoms with Gasteiger partial charge in [0.05, 0.1) is 36.4 Å². The van der Waals surface area contributed by atoms with E-state index in [4.69, 9.17) is 4.74 Å². The summed E-state index contributed by atoms with van der Waals surface area (Å²) in [5, 5.41) is 0. The molecule has 0 bridgehead atoms. The van der Waals surface area contributed by atoms with E-state index < -0.39 is 47.4 Å². The second-order valence-corrected chi connectivity index (χ2v) is 11.8. The summed E-state index contributed by atoms with van der Waals surface area (Å²) in [5.74, 6) is -0.412. The fraction of sp³-hybridized carbons (Fsp3) is 0.567. The number of alkyl halides is 6. The number of amides is 2. The number of morpholine rings is 1. The maximum absolute atomic E-state index is 14.1. The Labute approximate surface area is 240 Å². The number of benzene rings is 2. The van der Waals surface area contributed by atoms with Crippen molar-refractivity contribution in [2.24, 2.45) is 0 Å². The van der Waals surface area contributed by atoms with Crippen molar-refractivity contribution in [1.29, 1.82) is 0 Å². The Balaban J connectivity index is 1.47. The molecule has 3 heterocycles. The number of carbonyl (C=O) groups is 1. The molecule has 3 saturated heterocycles. The normalized spacial score (nSPS) is 25.9. The van der Waals surface area contributed by atoms with E-state index in [-0.39, 0.29) is 23.2 Å². The minimum Gasteiger partial charge on any atom is -0.378 e. The zero-order chi connectivity index (χ0) is 30.6. The van der Waals surface area contributed by atoms with E-state index in [1.807, 2.05) is 0 Å². The quantitative estimate of drug-likeness (QED) is 0.345. The van der Waals surface area contributed by atoms with Gasteiger partial charge in [-0.15, -0.1) is 0 Å². The van der Waals surface area contributed by atoms with Gasteiger partial charge in [-0.25, -0.2) is 9.18 Å². The van der Waals surface area contributed by atoms with Gasteiger partial charge in [0.25, 0.3) is 0 Å². The smallest absolute Gasteiger partial charge is 0.378 e. The lowest BCUT2D eigenvalue weighted by atomic mass is 9.78. The molecule has 0 saturated carbocycles. The number of hydrogen-bond donors (Lipinski definition) is 0. The van der Waals surface area contributed by atoms with Crippen LogP contribution >= 0.6 is 0 Å². The lowest BCUT2D eigenvalue weighted by Gasteiger charge is -2.52. The Hall–Kier alpha value is -2.86. The third-order valence-electron chi connectivity index (χ3n) is 9.36. The number of fused-ring (bicyclic) bond motifs is 2. The Morgan fingerprint density at radius 2 is 1.69 bits per heavy atom. The van der Waals surface area contributed by atoms with Crippen molar-refractivity contribution >= 4 is 6.03 Å². The van der Waals surface area contributed by atoms with E-state index in [2.05, 4.69) is 4.90 Å². The second-order valence-electron chi connectivity index (χ2n) is 11.8. The summed E-state index contributed by atoms with van der Waals surface area (Å²) in [7, 11) is 1.38. The molecule has 1 spiro atoms. The van der Waals surface area contributed by atoms with Crippen LogP contribution in [0.15, 0.2) is 36.4 Å². The number of urea groups is 1.